The van der Waals surface area contributed by atoms with Crippen LogP contribution in [0.5, 0.6) is 0 Å². The molecule has 0 aliphatic rings. The van der Waals surface area contributed by atoms with E-state index in [0.29, 0.717) is 11.4 Å². The molecule has 0 bridgehead atoms. The molecule has 6 nitrogen and oxygen atoms in total. The molecule has 0 saturated carbocycles. The maximum atomic E-state index is 13.0. The minimum atomic E-state index is -3.65. The average molecular weight is 374 g/mol. The summed E-state index contributed by atoms with van der Waals surface area (Å²) in [6.07, 6.45) is 2.62. The number of sulfonamides is 1. The molecule has 0 radical (unpaired) electrons. The van der Waals surface area contributed by atoms with E-state index in [1.54, 1.807) is 56.3 Å². The molecule has 0 aliphatic heterocycles. The first-order valence-electron chi connectivity index (χ1n) is 8.10. The van der Waals surface area contributed by atoms with Crippen LogP contribution in [0.4, 0.5) is 5.69 Å². The maximum absolute atomic E-state index is 13.0. The van der Waals surface area contributed by atoms with Crippen molar-refractivity contribution >= 4 is 21.6 Å². The number of benzene rings is 1. The third kappa shape index (κ3) is 4.90. The van der Waals surface area contributed by atoms with E-state index in [4.69, 9.17) is 4.42 Å². The zero-order chi connectivity index (χ0) is 19.2. The van der Waals surface area contributed by atoms with Gasteiger partial charge < -0.3 is 9.32 Å². The predicted octanol–water partition coefficient (Wildman–Crippen LogP) is 2.49. The fourth-order valence-electron chi connectivity index (χ4n) is 2.62. The predicted molar refractivity (Wildman–Crippen MR) is 101 cm³/mol. The summed E-state index contributed by atoms with van der Waals surface area (Å²) < 4.78 is 31.1. The highest BCUT2D eigenvalue weighted by atomic mass is 32.2. The number of para-hydroxylation sites is 1. The smallest absolute Gasteiger partial charge is 0.247 e. The Hall–Kier alpha value is -2.72. The van der Waals surface area contributed by atoms with Crippen LogP contribution in [0.15, 0.2) is 53.1 Å². The molecule has 0 spiro atoms. The van der Waals surface area contributed by atoms with Crippen molar-refractivity contribution in [1.29, 1.82) is 0 Å². The Bertz CT molecular complexity index is 881. The van der Waals surface area contributed by atoms with Gasteiger partial charge in [-0.1, -0.05) is 24.1 Å². The van der Waals surface area contributed by atoms with Crippen molar-refractivity contribution in [2.45, 2.75) is 26.4 Å². The zero-order valence-electron chi connectivity index (χ0n) is 15.0. The van der Waals surface area contributed by atoms with Crippen LogP contribution in [0.1, 0.15) is 19.6 Å². The fourth-order valence-corrected chi connectivity index (χ4v) is 3.79. The standard InChI is InChI=1S/C19H22N2O4S/c1-4-5-13-20(15-18-12-9-14-25-18)19(22)16(2)21(26(3,23)24)17-10-7-6-8-11-17/h6-12,14,16H,13,15H2,1-3H3. The summed E-state index contributed by atoms with van der Waals surface area (Å²) in [7, 11) is -3.65. The van der Waals surface area contributed by atoms with Crippen molar-refractivity contribution in [1.82, 2.24) is 4.90 Å². The summed E-state index contributed by atoms with van der Waals surface area (Å²) in [6, 6.07) is 11.1. The molecule has 138 valence electrons. The Labute approximate surface area is 154 Å². The van der Waals surface area contributed by atoms with Crippen molar-refractivity contribution in [2.24, 2.45) is 0 Å². The van der Waals surface area contributed by atoms with E-state index in [1.165, 1.54) is 11.2 Å². The number of hydrogen-bond acceptors (Lipinski definition) is 4. The number of furan rings is 1. The van der Waals surface area contributed by atoms with E-state index < -0.39 is 16.1 Å². The first-order chi connectivity index (χ1) is 12.3. The van der Waals surface area contributed by atoms with Gasteiger partial charge in [-0.2, -0.15) is 0 Å². The van der Waals surface area contributed by atoms with Crippen molar-refractivity contribution in [3.05, 3.63) is 54.5 Å². The Balaban J connectivity index is 2.33. The molecule has 7 heteroatoms. The number of amides is 1. The summed E-state index contributed by atoms with van der Waals surface area (Å²) in [5.41, 5.74) is 0.440. The van der Waals surface area contributed by atoms with Crippen LogP contribution in [0, 0.1) is 11.8 Å². The molecule has 1 amide bonds. The fraction of sp³-hybridized carbons (Fsp3) is 0.316. The lowest BCUT2D eigenvalue weighted by molar-refractivity contribution is -0.132. The van der Waals surface area contributed by atoms with Gasteiger partial charge in [-0.25, -0.2) is 8.42 Å². The van der Waals surface area contributed by atoms with Gasteiger partial charge in [0, 0.05) is 0 Å². The van der Waals surface area contributed by atoms with Gasteiger partial charge in [-0.3, -0.25) is 9.10 Å². The summed E-state index contributed by atoms with van der Waals surface area (Å²) in [5.74, 6) is 5.87. The molecular formula is C19H22N2O4S. The summed E-state index contributed by atoms with van der Waals surface area (Å²) in [5, 5.41) is 0. The largest absolute Gasteiger partial charge is 0.467 e. The Morgan fingerprint density at radius 2 is 1.88 bits per heavy atom. The highest BCUT2D eigenvalue weighted by Gasteiger charge is 2.32. The molecule has 0 N–H and O–H groups in total. The van der Waals surface area contributed by atoms with Gasteiger partial charge in [-0.15, -0.1) is 5.92 Å². The highest BCUT2D eigenvalue weighted by molar-refractivity contribution is 7.92. The van der Waals surface area contributed by atoms with Crippen LogP contribution in [-0.4, -0.2) is 38.1 Å². The molecule has 0 saturated heterocycles. The molecule has 0 fully saturated rings. The van der Waals surface area contributed by atoms with Gasteiger partial charge in [0.15, 0.2) is 0 Å². The van der Waals surface area contributed by atoms with E-state index in [-0.39, 0.29) is 19.0 Å². The zero-order valence-corrected chi connectivity index (χ0v) is 15.9. The topological polar surface area (TPSA) is 70.8 Å². The van der Waals surface area contributed by atoms with Gasteiger partial charge >= 0.3 is 0 Å². The highest BCUT2D eigenvalue weighted by Crippen LogP contribution is 2.21. The Morgan fingerprint density at radius 3 is 2.42 bits per heavy atom. The number of nitrogens with zero attached hydrogens (tertiary/aromatic N) is 2. The minimum Gasteiger partial charge on any atom is -0.467 e. The van der Waals surface area contributed by atoms with Crippen LogP contribution in [-0.2, 0) is 21.4 Å². The van der Waals surface area contributed by atoms with Crippen LogP contribution in [0.2, 0.25) is 0 Å². The van der Waals surface area contributed by atoms with Gasteiger partial charge in [-0.05, 0) is 38.1 Å². The lowest BCUT2D eigenvalue weighted by Crippen LogP contribution is -2.49. The van der Waals surface area contributed by atoms with E-state index in [2.05, 4.69) is 11.8 Å². The molecule has 1 heterocycles. The summed E-state index contributed by atoms with van der Waals surface area (Å²) in [4.78, 5) is 14.5. The van der Waals surface area contributed by atoms with Crippen molar-refractivity contribution < 1.29 is 17.6 Å². The Morgan fingerprint density at radius 1 is 1.19 bits per heavy atom. The second kappa shape index (κ2) is 8.59. The van der Waals surface area contributed by atoms with Gasteiger partial charge in [0.2, 0.25) is 15.9 Å². The molecule has 1 aromatic heterocycles. The van der Waals surface area contributed by atoms with E-state index in [9.17, 15) is 13.2 Å². The summed E-state index contributed by atoms with van der Waals surface area (Å²) in [6.45, 7) is 3.67. The van der Waals surface area contributed by atoms with E-state index >= 15 is 0 Å². The number of anilines is 1. The third-order valence-electron chi connectivity index (χ3n) is 3.76. The van der Waals surface area contributed by atoms with Gasteiger partial charge in [0.05, 0.1) is 31.3 Å². The second-order valence-electron chi connectivity index (χ2n) is 5.77. The van der Waals surface area contributed by atoms with Crippen LogP contribution in [0.3, 0.4) is 0 Å². The SMILES string of the molecule is CC#CCN(Cc1ccco1)C(=O)C(C)N(c1ccccc1)S(C)(=O)=O. The third-order valence-corrected chi connectivity index (χ3v) is 5.00. The minimum absolute atomic E-state index is 0.187. The quantitative estimate of drug-likeness (QED) is 0.698. The molecule has 1 aromatic carbocycles. The van der Waals surface area contributed by atoms with Gasteiger partial charge in [0.25, 0.3) is 0 Å². The number of hydrogen-bond donors (Lipinski definition) is 0. The second-order valence-corrected chi connectivity index (χ2v) is 7.63. The maximum Gasteiger partial charge on any atom is 0.247 e. The van der Waals surface area contributed by atoms with Crippen molar-refractivity contribution in [3.8, 4) is 11.8 Å². The van der Waals surface area contributed by atoms with Crippen molar-refractivity contribution in [3.63, 3.8) is 0 Å². The molecular weight excluding hydrogens is 352 g/mol. The lowest BCUT2D eigenvalue weighted by Gasteiger charge is -2.31. The van der Waals surface area contributed by atoms with Crippen LogP contribution in [0.25, 0.3) is 0 Å². The monoisotopic (exact) mass is 374 g/mol. The van der Waals surface area contributed by atoms with Crippen molar-refractivity contribution in [2.75, 3.05) is 17.1 Å². The molecule has 2 aromatic rings. The molecule has 0 aliphatic carbocycles. The first-order valence-corrected chi connectivity index (χ1v) is 9.94. The molecule has 26 heavy (non-hydrogen) atoms. The van der Waals surface area contributed by atoms with E-state index in [1.807, 2.05) is 0 Å². The van der Waals surface area contributed by atoms with Crippen LogP contribution >= 0.6 is 0 Å². The Kier molecular flexibility index (Phi) is 6.47. The van der Waals surface area contributed by atoms with E-state index in [0.717, 1.165) is 10.6 Å². The van der Waals surface area contributed by atoms with Crippen LogP contribution < -0.4 is 4.31 Å². The molecule has 1 atom stereocenters. The average Bonchev–Trinajstić information content (AvgIpc) is 3.11. The number of rotatable bonds is 7. The number of carbonyl (C=O) groups is 1. The molecule has 1 unspecified atom stereocenters. The van der Waals surface area contributed by atoms with Gasteiger partial charge in [0.1, 0.15) is 11.8 Å². The first kappa shape index (κ1) is 19.6. The number of carbonyl (C=O) groups excluding carboxylic acids is 1. The molecule has 2 rings (SSSR count). The normalized spacial score (nSPS) is 12.0. The lowest BCUT2D eigenvalue weighted by atomic mass is 10.2. The summed E-state index contributed by atoms with van der Waals surface area (Å²) >= 11 is 0.